The predicted molar refractivity (Wildman–Crippen MR) is 133 cm³/mol. The van der Waals surface area contributed by atoms with Crippen LogP contribution in [0.3, 0.4) is 0 Å². The number of rotatable bonds is 10. The molecule has 1 fully saturated rings. The van der Waals surface area contributed by atoms with Crippen LogP contribution in [-0.4, -0.2) is 56.5 Å². The fourth-order valence-corrected chi connectivity index (χ4v) is 5.23. The number of hydrogen-bond donors (Lipinski definition) is 3. The standard InChI is InChI=1S/C23H27ClN3O9P/c1-5-23(24)19(29)17(35-21(23)27-12-11-18(28)25-22(27)31)13-33-37(32,36-16-9-7-6-8-10-16)26-15(4)20(30)34-14(2)3/h1,6-12,14-15,17,19,21,29H,13H2,2-4H3,(H,26,32)(H,25,28,31)/t15-,17+,19?,21+,23+,37?/m0/s1. The summed E-state index contributed by atoms with van der Waals surface area (Å²) in [4.78, 5) is 36.1. The van der Waals surface area contributed by atoms with E-state index < -0.39 is 67.0 Å². The number of carbonyl (C=O) groups excluding carboxylic acids is 1. The van der Waals surface area contributed by atoms with Crippen LogP contribution >= 0.6 is 19.3 Å². The zero-order valence-corrected chi connectivity index (χ0v) is 21.8. The monoisotopic (exact) mass is 555 g/mol. The summed E-state index contributed by atoms with van der Waals surface area (Å²) in [5.74, 6) is 1.69. The van der Waals surface area contributed by atoms with Crippen LogP contribution in [0.25, 0.3) is 0 Å². The van der Waals surface area contributed by atoms with Gasteiger partial charge in [-0.15, -0.1) is 6.42 Å². The van der Waals surface area contributed by atoms with E-state index in [9.17, 15) is 24.1 Å². The number of carbonyl (C=O) groups is 1. The van der Waals surface area contributed by atoms with Gasteiger partial charge in [0.1, 0.15) is 24.0 Å². The minimum atomic E-state index is -4.28. The Morgan fingerprint density at radius 1 is 1.32 bits per heavy atom. The lowest BCUT2D eigenvalue weighted by Gasteiger charge is -2.26. The maximum absolute atomic E-state index is 13.7. The van der Waals surface area contributed by atoms with Crippen LogP contribution < -0.4 is 20.9 Å². The zero-order valence-electron chi connectivity index (χ0n) is 20.2. The normalized spacial score (nSPS) is 25.7. The van der Waals surface area contributed by atoms with Crippen LogP contribution in [0.15, 0.2) is 52.2 Å². The van der Waals surface area contributed by atoms with Gasteiger partial charge in [0.2, 0.25) is 0 Å². The Balaban J connectivity index is 1.84. The fraction of sp³-hybridized carbons (Fsp3) is 0.435. The molecule has 1 aromatic heterocycles. The van der Waals surface area contributed by atoms with E-state index in [1.54, 1.807) is 32.0 Å². The molecule has 3 N–H and O–H groups in total. The van der Waals surface area contributed by atoms with Crippen molar-refractivity contribution in [2.75, 3.05) is 6.61 Å². The number of halogens is 1. The molecule has 37 heavy (non-hydrogen) atoms. The van der Waals surface area contributed by atoms with Crippen LogP contribution in [0.5, 0.6) is 5.75 Å². The maximum atomic E-state index is 13.7. The molecule has 0 saturated carbocycles. The summed E-state index contributed by atoms with van der Waals surface area (Å²) in [6, 6.07) is 8.00. The van der Waals surface area contributed by atoms with E-state index in [1.165, 1.54) is 19.1 Å². The van der Waals surface area contributed by atoms with Crippen molar-refractivity contribution < 1.29 is 33.0 Å². The number of nitrogens with zero attached hydrogens (tertiary/aromatic N) is 1. The second-order valence-electron chi connectivity index (χ2n) is 8.44. The Labute approximate surface area is 217 Å². The van der Waals surface area contributed by atoms with Crippen molar-refractivity contribution in [3.63, 3.8) is 0 Å². The second kappa shape index (κ2) is 11.6. The number of para-hydroxylation sites is 1. The Hall–Kier alpha value is -2.91. The summed E-state index contributed by atoms with van der Waals surface area (Å²) in [5.41, 5.74) is -1.53. The molecule has 1 aliphatic heterocycles. The first-order valence-electron chi connectivity index (χ1n) is 11.2. The lowest BCUT2D eigenvalue weighted by molar-refractivity contribution is -0.149. The summed E-state index contributed by atoms with van der Waals surface area (Å²) >= 11 is 6.47. The molecule has 1 aliphatic rings. The number of aliphatic hydroxyl groups is 1. The molecular weight excluding hydrogens is 529 g/mol. The third-order valence-corrected chi connectivity index (χ3v) is 7.37. The maximum Gasteiger partial charge on any atom is 0.459 e. The highest BCUT2D eigenvalue weighted by Gasteiger charge is 2.56. The van der Waals surface area contributed by atoms with Crippen LogP contribution in [-0.2, 0) is 23.4 Å². The SMILES string of the molecule is C#C[C@@]1(Cl)C(O)[C@@H](COP(=O)(N[C@@H](C)C(=O)OC(C)C)Oc2ccccc2)O[C@H]1n1ccc(=O)[nH]c1=O. The van der Waals surface area contributed by atoms with Gasteiger partial charge in [-0.1, -0.05) is 35.7 Å². The highest BCUT2D eigenvalue weighted by molar-refractivity contribution is 7.52. The first-order chi connectivity index (χ1) is 17.4. The quantitative estimate of drug-likeness (QED) is 0.170. The van der Waals surface area contributed by atoms with Gasteiger partial charge in [0.15, 0.2) is 11.1 Å². The average Bonchev–Trinajstić information content (AvgIpc) is 3.08. The molecule has 12 nitrogen and oxygen atoms in total. The van der Waals surface area contributed by atoms with Gasteiger partial charge in [-0.05, 0) is 32.9 Å². The summed E-state index contributed by atoms with van der Waals surface area (Å²) in [5, 5.41) is 13.4. The lowest BCUT2D eigenvalue weighted by Crippen LogP contribution is -2.44. The van der Waals surface area contributed by atoms with Gasteiger partial charge in [-0.2, -0.15) is 5.09 Å². The summed E-state index contributed by atoms with van der Waals surface area (Å²) in [7, 11) is -4.28. The lowest BCUT2D eigenvalue weighted by atomic mass is 9.99. The van der Waals surface area contributed by atoms with E-state index in [4.69, 9.17) is 36.5 Å². The average molecular weight is 556 g/mol. The van der Waals surface area contributed by atoms with Crippen molar-refractivity contribution in [1.29, 1.82) is 0 Å². The van der Waals surface area contributed by atoms with Gasteiger partial charge >= 0.3 is 19.4 Å². The molecule has 0 aliphatic carbocycles. The molecule has 200 valence electrons. The minimum Gasteiger partial charge on any atom is -0.462 e. The number of alkyl halides is 1. The number of aromatic nitrogens is 2. The van der Waals surface area contributed by atoms with Crippen LogP contribution in [0, 0.1) is 12.3 Å². The highest BCUT2D eigenvalue weighted by Crippen LogP contribution is 2.48. The third-order valence-electron chi connectivity index (χ3n) is 5.21. The smallest absolute Gasteiger partial charge is 0.459 e. The number of ether oxygens (including phenoxy) is 2. The van der Waals surface area contributed by atoms with Crippen molar-refractivity contribution in [3.05, 3.63) is 63.4 Å². The molecule has 2 heterocycles. The molecule has 2 unspecified atom stereocenters. The van der Waals surface area contributed by atoms with Crippen molar-refractivity contribution in [3.8, 4) is 18.1 Å². The summed E-state index contributed by atoms with van der Waals surface area (Å²) in [6.45, 7) is 4.16. The highest BCUT2D eigenvalue weighted by atomic mass is 35.5. The summed E-state index contributed by atoms with van der Waals surface area (Å²) in [6.07, 6.45) is 1.96. The number of aromatic amines is 1. The molecule has 0 radical (unpaired) electrons. The predicted octanol–water partition coefficient (Wildman–Crippen LogP) is 1.54. The van der Waals surface area contributed by atoms with Crippen molar-refractivity contribution in [1.82, 2.24) is 14.6 Å². The number of esters is 1. The molecule has 0 amide bonds. The molecule has 6 atom stereocenters. The van der Waals surface area contributed by atoms with Crippen molar-refractivity contribution in [2.24, 2.45) is 0 Å². The van der Waals surface area contributed by atoms with Crippen LogP contribution in [0.4, 0.5) is 0 Å². The van der Waals surface area contributed by atoms with E-state index >= 15 is 0 Å². The molecule has 14 heteroatoms. The Bertz CT molecular complexity index is 1310. The first-order valence-corrected chi connectivity index (χ1v) is 13.1. The van der Waals surface area contributed by atoms with Gasteiger partial charge in [0.05, 0.1) is 12.7 Å². The molecular formula is C23H27ClN3O9P. The molecule has 3 rings (SSSR count). The van der Waals surface area contributed by atoms with Crippen LogP contribution in [0.1, 0.15) is 27.0 Å². The van der Waals surface area contributed by atoms with Gasteiger partial charge in [-0.3, -0.25) is 23.7 Å². The second-order valence-corrected chi connectivity index (χ2v) is 10.8. The van der Waals surface area contributed by atoms with Gasteiger partial charge < -0.3 is 19.1 Å². The van der Waals surface area contributed by atoms with Gasteiger partial charge in [0, 0.05) is 12.3 Å². The zero-order chi connectivity index (χ0) is 27.4. The molecule has 2 aromatic rings. The molecule has 1 aromatic carbocycles. The van der Waals surface area contributed by atoms with E-state index in [0.717, 1.165) is 16.8 Å². The number of aliphatic hydroxyl groups excluding tert-OH is 1. The minimum absolute atomic E-state index is 0.170. The third kappa shape index (κ3) is 6.70. The van der Waals surface area contributed by atoms with Gasteiger partial charge in [-0.25, -0.2) is 9.36 Å². The number of hydrogen-bond acceptors (Lipinski definition) is 9. The fourth-order valence-electron chi connectivity index (χ4n) is 3.43. The Morgan fingerprint density at radius 2 is 2.00 bits per heavy atom. The Kier molecular flexibility index (Phi) is 9.02. The number of H-pyrrole nitrogens is 1. The van der Waals surface area contributed by atoms with Crippen LogP contribution in [0.2, 0.25) is 0 Å². The van der Waals surface area contributed by atoms with E-state index in [0.29, 0.717) is 0 Å². The Morgan fingerprint density at radius 3 is 2.59 bits per heavy atom. The molecule has 0 bridgehead atoms. The van der Waals surface area contributed by atoms with Crippen molar-refractivity contribution in [2.45, 2.75) is 56.2 Å². The summed E-state index contributed by atoms with van der Waals surface area (Å²) < 4.78 is 36.5. The van der Waals surface area contributed by atoms with Gasteiger partial charge in [0.25, 0.3) is 5.56 Å². The number of terminal acetylenes is 1. The van der Waals surface area contributed by atoms with E-state index in [2.05, 4.69) is 11.0 Å². The van der Waals surface area contributed by atoms with E-state index in [1.807, 2.05) is 4.98 Å². The number of benzene rings is 1. The molecule has 0 spiro atoms. The van der Waals surface area contributed by atoms with Crippen molar-refractivity contribution >= 4 is 25.3 Å². The first kappa shape index (κ1) is 28.7. The topological polar surface area (TPSA) is 158 Å². The number of nitrogens with one attached hydrogen (secondary N) is 2. The largest absolute Gasteiger partial charge is 0.462 e. The van der Waals surface area contributed by atoms with E-state index in [-0.39, 0.29) is 5.75 Å². The molecule has 1 saturated heterocycles.